The standard InChI is InChI=1S/C16H25N3O4/c1-3-23-16(21)13-6-4-8-19(11-13)12-14(10-17)15(20)18-7-5-9-22-2/h12-13H,3-9,11H2,1-2H3,(H,18,20)/b14-12-. The lowest BCUT2D eigenvalue weighted by atomic mass is 9.98. The highest BCUT2D eigenvalue weighted by Crippen LogP contribution is 2.18. The molecule has 0 radical (unpaired) electrons. The second-order valence-corrected chi connectivity index (χ2v) is 5.34. The third-order valence-electron chi connectivity index (χ3n) is 3.56. The number of amides is 1. The number of hydrogen-bond donors (Lipinski definition) is 1. The SMILES string of the molecule is CCOC(=O)C1CCCN(/C=C(/C#N)C(=O)NCCCOC)C1. The van der Waals surface area contributed by atoms with Gasteiger partial charge in [0.1, 0.15) is 11.6 Å². The summed E-state index contributed by atoms with van der Waals surface area (Å²) in [6.07, 6.45) is 3.83. The van der Waals surface area contributed by atoms with Crippen molar-refractivity contribution < 1.29 is 19.1 Å². The van der Waals surface area contributed by atoms with Crippen molar-refractivity contribution in [3.8, 4) is 6.07 Å². The van der Waals surface area contributed by atoms with Crippen molar-refractivity contribution in [3.63, 3.8) is 0 Å². The number of nitrogens with one attached hydrogen (secondary N) is 1. The Morgan fingerprint density at radius 1 is 1.48 bits per heavy atom. The van der Waals surface area contributed by atoms with Gasteiger partial charge in [-0.1, -0.05) is 0 Å². The first-order chi connectivity index (χ1) is 11.1. The summed E-state index contributed by atoms with van der Waals surface area (Å²) in [6.45, 7) is 4.34. The van der Waals surface area contributed by atoms with Crippen LogP contribution in [-0.2, 0) is 19.1 Å². The van der Waals surface area contributed by atoms with E-state index in [4.69, 9.17) is 14.7 Å². The monoisotopic (exact) mass is 323 g/mol. The fraction of sp³-hybridized carbons (Fsp3) is 0.688. The van der Waals surface area contributed by atoms with Crippen LogP contribution in [0.25, 0.3) is 0 Å². The van der Waals surface area contributed by atoms with Crippen LogP contribution in [0.1, 0.15) is 26.2 Å². The number of likely N-dealkylation sites (tertiary alicyclic amines) is 1. The predicted molar refractivity (Wildman–Crippen MR) is 84.1 cm³/mol. The van der Waals surface area contributed by atoms with Crippen molar-refractivity contribution in [1.82, 2.24) is 10.2 Å². The molecule has 0 bridgehead atoms. The quantitative estimate of drug-likeness (QED) is 0.308. The van der Waals surface area contributed by atoms with E-state index in [1.807, 2.05) is 11.0 Å². The summed E-state index contributed by atoms with van der Waals surface area (Å²) >= 11 is 0. The third-order valence-corrected chi connectivity index (χ3v) is 3.56. The first-order valence-electron chi connectivity index (χ1n) is 7.92. The zero-order valence-electron chi connectivity index (χ0n) is 13.8. The molecule has 0 aromatic heterocycles. The summed E-state index contributed by atoms with van der Waals surface area (Å²) in [6, 6.07) is 1.92. The zero-order valence-corrected chi connectivity index (χ0v) is 13.8. The fourth-order valence-electron chi connectivity index (χ4n) is 2.41. The number of carbonyl (C=O) groups excluding carboxylic acids is 2. The number of nitrogens with zero attached hydrogens (tertiary/aromatic N) is 2. The Hall–Kier alpha value is -2.07. The van der Waals surface area contributed by atoms with Crippen molar-refractivity contribution in [2.45, 2.75) is 26.2 Å². The van der Waals surface area contributed by atoms with Gasteiger partial charge in [0, 0.05) is 39.6 Å². The highest BCUT2D eigenvalue weighted by molar-refractivity contribution is 5.97. The summed E-state index contributed by atoms with van der Waals surface area (Å²) in [4.78, 5) is 25.6. The minimum Gasteiger partial charge on any atom is -0.466 e. The van der Waals surface area contributed by atoms with Gasteiger partial charge in [-0.25, -0.2) is 0 Å². The highest BCUT2D eigenvalue weighted by atomic mass is 16.5. The van der Waals surface area contributed by atoms with Crippen molar-refractivity contribution in [2.75, 3.05) is 40.0 Å². The first kappa shape index (κ1) is 19.0. The molecule has 0 spiro atoms. The molecule has 1 rings (SSSR count). The fourth-order valence-corrected chi connectivity index (χ4v) is 2.41. The molecule has 1 atom stereocenters. The van der Waals surface area contributed by atoms with Gasteiger partial charge in [-0.05, 0) is 26.2 Å². The Kier molecular flexibility index (Phi) is 8.76. The Morgan fingerprint density at radius 2 is 2.26 bits per heavy atom. The molecule has 7 heteroatoms. The summed E-state index contributed by atoms with van der Waals surface area (Å²) < 4.78 is 9.95. The molecule has 23 heavy (non-hydrogen) atoms. The van der Waals surface area contributed by atoms with Crippen molar-refractivity contribution in [1.29, 1.82) is 5.26 Å². The molecule has 1 fully saturated rings. The molecule has 1 saturated heterocycles. The number of carbonyl (C=O) groups is 2. The van der Waals surface area contributed by atoms with Crippen molar-refractivity contribution in [3.05, 3.63) is 11.8 Å². The largest absolute Gasteiger partial charge is 0.466 e. The van der Waals surface area contributed by atoms with Crippen LogP contribution in [0.3, 0.4) is 0 Å². The van der Waals surface area contributed by atoms with E-state index in [0.29, 0.717) is 32.7 Å². The average Bonchev–Trinajstić information content (AvgIpc) is 2.57. The van der Waals surface area contributed by atoms with Gasteiger partial charge in [0.15, 0.2) is 0 Å². The van der Waals surface area contributed by atoms with E-state index in [1.54, 1.807) is 14.0 Å². The number of methoxy groups -OCH3 is 1. The lowest BCUT2D eigenvalue weighted by Crippen LogP contribution is -2.37. The summed E-state index contributed by atoms with van der Waals surface area (Å²) in [5, 5.41) is 11.9. The molecule has 0 saturated carbocycles. The molecule has 1 N–H and O–H groups in total. The second-order valence-electron chi connectivity index (χ2n) is 5.34. The summed E-state index contributed by atoms with van der Waals surface area (Å²) in [5.74, 6) is -0.820. The lowest BCUT2D eigenvalue weighted by molar-refractivity contribution is -0.149. The number of piperidine rings is 1. The molecule has 1 amide bonds. The van der Waals surface area contributed by atoms with E-state index in [9.17, 15) is 9.59 Å². The van der Waals surface area contributed by atoms with Crippen LogP contribution >= 0.6 is 0 Å². The molecule has 0 aliphatic carbocycles. The number of nitriles is 1. The van der Waals surface area contributed by atoms with Gasteiger partial charge in [-0.2, -0.15) is 5.26 Å². The van der Waals surface area contributed by atoms with Crippen LogP contribution in [0.4, 0.5) is 0 Å². The van der Waals surface area contributed by atoms with E-state index in [2.05, 4.69) is 5.32 Å². The minimum absolute atomic E-state index is 0.0481. The van der Waals surface area contributed by atoms with Crippen molar-refractivity contribution >= 4 is 11.9 Å². The van der Waals surface area contributed by atoms with Gasteiger partial charge in [0.2, 0.25) is 0 Å². The number of rotatable bonds is 8. The van der Waals surface area contributed by atoms with Gasteiger partial charge >= 0.3 is 5.97 Å². The van der Waals surface area contributed by atoms with Crippen LogP contribution in [0.2, 0.25) is 0 Å². The van der Waals surface area contributed by atoms with Crippen LogP contribution < -0.4 is 5.32 Å². The lowest BCUT2D eigenvalue weighted by Gasteiger charge is -2.30. The Labute approximate surface area is 137 Å². The summed E-state index contributed by atoms with van der Waals surface area (Å²) in [7, 11) is 1.60. The first-order valence-corrected chi connectivity index (χ1v) is 7.92. The van der Waals surface area contributed by atoms with Crippen LogP contribution in [0.15, 0.2) is 11.8 Å². The molecule has 7 nitrogen and oxygen atoms in total. The second kappa shape index (κ2) is 10.6. The van der Waals surface area contributed by atoms with Gasteiger partial charge in [-0.3, -0.25) is 9.59 Å². The van der Waals surface area contributed by atoms with E-state index in [-0.39, 0.29) is 17.5 Å². The number of ether oxygens (including phenoxy) is 2. The third kappa shape index (κ3) is 6.70. The number of esters is 1. The normalized spacial score (nSPS) is 18.2. The van der Waals surface area contributed by atoms with Crippen LogP contribution in [0.5, 0.6) is 0 Å². The van der Waals surface area contributed by atoms with E-state index in [1.165, 1.54) is 6.20 Å². The Balaban J connectivity index is 2.57. The average molecular weight is 323 g/mol. The molecule has 0 aromatic carbocycles. The molecular formula is C16H25N3O4. The highest BCUT2D eigenvalue weighted by Gasteiger charge is 2.26. The smallest absolute Gasteiger partial charge is 0.310 e. The molecule has 0 aromatic rings. The maximum Gasteiger partial charge on any atom is 0.310 e. The van der Waals surface area contributed by atoms with Crippen molar-refractivity contribution in [2.24, 2.45) is 5.92 Å². The van der Waals surface area contributed by atoms with Crippen LogP contribution in [-0.4, -0.2) is 56.7 Å². The molecule has 1 aliphatic heterocycles. The van der Waals surface area contributed by atoms with Gasteiger partial charge in [0.05, 0.1) is 12.5 Å². The van der Waals surface area contributed by atoms with E-state index < -0.39 is 5.91 Å². The molecule has 1 unspecified atom stereocenters. The maximum absolute atomic E-state index is 12.0. The molecule has 1 aliphatic rings. The van der Waals surface area contributed by atoms with Gasteiger partial charge in [0.25, 0.3) is 5.91 Å². The van der Waals surface area contributed by atoms with Crippen LogP contribution in [0, 0.1) is 17.2 Å². The van der Waals surface area contributed by atoms with Gasteiger partial charge < -0.3 is 19.7 Å². The molecular weight excluding hydrogens is 298 g/mol. The topological polar surface area (TPSA) is 91.7 Å². The number of hydrogen-bond acceptors (Lipinski definition) is 6. The maximum atomic E-state index is 12.0. The minimum atomic E-state index is -0.401. The predicted octanol–water partition coefficient (Wildman–Crippen LogP) is 0.822. The zero-order chi connectivity index (χ0) is 17.1. The Bertz CT molecular complexity index is 470. The Morgan fingerprint density at radius 3 is 2.91 bits per heavy atom. The van der Waals surface area contributed by atoms with E-state index >= 15 is 0 Å². The van der Waals surface area contributed by atoms with E-state index in [0.717, 1.165) is 19.4 Å². The van der Waals surface area contributed by atoms with Gasteiger partial charge in [-0.15, -0.1) is 0 Å². The molecule has 1 heterocycles. The summed E-state index contributed by atoms with van der Waals surface area (Å²) in [5.41, 5.74) is 0.0481. The molecule has 128 valence electrons.